The molecule has 0 atom stereocenters. The number of hydrogen-bond donors (Lipinski definition) is 2. The van der Waals surface area contributed by atoms with E-state index in [0.29, 0.717) is 12.2 Å². The highest BCUT2D eigenvalue weighted by molar-refractivity contribution is 6.19. The lowest BCUT2D eigenvalue weighted by Crippen LogP contribution is -2.38. The highest BCUT2D eigenvalue weighted by Crippen LogP contribution is 2.29. The number of amides is 2. The first-order valence-electron chi connectivity index (χ1n) is 5.55. The van der Waals surface area contributed by atoms with Crippen LogP contribution in [-0.2, 0) is 22.4 Å². The Morgan fingerprint density at radius 2 is 2.12 bits per heavy atom. The fraction of sp³-hybridized carbons (Fsp3) is 0.333. The van der Waals surface area contributed by atoms with Crippen LogP contribution in [0.2, 0.25) is 0 Å². The monoisotopic (exact) mass is 233 g/mol. The first-order valence-corrected chi connectivity index (χ1v) is 5.55. The molecule has 0 saturated carbocycles. The van der Waals surface area contributed by atoms with Gasteiger partial charge in [0.25, 0.3) is 0 Å². The number of fused-ring (bicyclic) bond motifs is 1. The van der Waals surface area contributed by atoms with Crippen LogP contribution in [0.15, 0.2) is 18.2 Å². The first-order chi connectivity index (χ1) is 8.17. The largest absolute Gasteiger partial charge is 0.330 e. The molecule has 1 aliphatic rings. The quantitative estimate of drug-likeness (QED) is 0.740. The Kier molecular flexibility index (Phi) is 3.21. The maximum atomic E-state index is 11.7. The maximum absolute atomic E-state index is 11.7. The zero-order valence-corrected chi connectivity index (χ0v) is 9.48. The van der Waals surface area contributed by atoms with Crippen molar-refractivity contribution in [3.63, 3.8) is 0 Å². The van der Waals surface area contributed by atoms with Gasteiger partial charge in [-0.15, -0.1) is 0 Å². The van der Waals surface area contributed by atoms with Crippen molar-refractivity contribution in [3.8, 4) is 0 Å². The van der Waals surface area contributed by atoms with Gasteiger partial charge in [-0.3, -0.25) is 9.59 Å². The average Bonchev–Trinajstić information content (AvgIpc) is 2.64. The Balaban J connectivity index is 2.35. The maximum Gasteiger partial charge on any atom is 0.247 e. The number of nitrogens with zero attached hydrogens (tertiary/aromatic N) is 1. The second-order valence-electron chi connectivity index (χ2n) is 4.01. The van der Waals surface area contributed by atoms with Crippen molar-refractivity contribution in [2.24, 2.45) is 11.5 Å². The smallest absolute Gasteiger partial charge is 0.247 e. The van der Waals surface area contributed by atoms with Gasteiger partial charge in [-0.05, 0) is 30.2 Å². The Morgan fingerprint density at radius 3 is 2.76 bits per heavy atom. The number of benzene rings is 1. The molecule has 17 heavy (non-hydrogen) atoms. The summed E-state index contributed by atoms with van der Waals surface area (Å²) < 4.78 is 0. The van der Waals surface area contributed by atoms with Gasteiger partial charge in [0.1, 0.15) is 0 Å². The van der Waals surface area contributed by atoms with E-state index < -0.39 is 0 Å². The molecule has 0 spiro atoms. The molecule has 90 valence electrons. The van der Waals surface area contributed by atoms with Crippen LogP contribution in [0, 0.1) is 0 Å². The number of rotatable bonds is 3. The lowest BCUT2D eigenvalue weighted by Gasteiger charge is -2.14. The van der Waals surface area contributed by atoms with Gasteiger partial charge in [0, 0.05) is 0 Å². The van der Waals surface area contributed by atoms with E-state index in [0.717, 1.165) is 17.5 Å². The second kappa shape index (κ2) is 4.65. The van der Waals surface area contributed by atoms with Crippen LogP contribution in [0.4, 0.5) is 5.69 Å². The van der Waals surface area contributed by atoms with E-state index in [1.54, 1.807) is 6.07 Å². The third-order valence-corrected chi connectivity index (χ3v) is 2.83. The molecule has 4 N–H and O–H groups in total. The minimum atomic E-state index is -0.361. The standard InChI is InChI=1S/C12H15N3O2/c13-4-3-8-1-2-10-9(5-8)6-11(16)15(10)12(17)7-14/h1-2,5H,3-4,6-7,13-14H2. The number of anilines is 1. The van der Waals surface area contributed by atoms with Crippen molar-refractivity contribution in [2.75, 3.05) is 18.0 Å². The fourth-order valence-electron chi connectivity index (χ4n) is 2.06. The minimum absolute atomic E-state index is 0.157. The van der Waals surface area contributed by atoms with Gasteiger partial charge in [0.2, 0.25) is 11.8 Å². The summed E-state index contributed by atoms with van der Waals surface area (Å²) in [5.74, 6) is -0.569. The van der Waals surface area contributed by atoms with Crippen LogP contribution in [0.3, 0.4) is 0 Å². The number of hydrogen-bond acceptors (Lipinski definition) is 4. The summed E-state index contributed by atoms with van der Waals surface area (Å²) in [6.07, 6.45) is 1.03. The van der Waals surface area contributed by atoms with E-state index in [-0.39, 0.29) is 24.8 Å². The molecule has 5 heteroatoms. The lowest BCUT2D eigenvalue weighted by molar-refractivity contribution is -0.124. The SMILES string of the molecule is NCCc1ccc2c(c1)CC(=O)N2C(=O)CN. The molecule has 0 fully saturated rings. The topological polar surface area (TPSA) is 89.4 Å². The van der Waals surface area contributed by atoms with Crippen molar-refractivity contribution in [2.45, 2.75) is 12.8 Å². The molecule has 1 aliphatic heterocycles. The van der Waals surface area contributed by atoms with Gasteiger partial charge < -0.3 is 11.5 Å². The molecule has 2 rings (SSSR count). The molecule has 1 aromatic rings. The molecule has 1 aromatic carbocycles. The summed E-state index contributed by atoms with van der Waals surface area (Å²) in [6, 6.07) is 5.61. The van der Waals surface area contributed by atoms with E-state index in [1.165, 1.54) is 4.90 Å². The number of imide groups is 1. The minimum Gasteiger partial charge on any atom is -0.330 e. The van der Waals surface area contributed by atoms with Gasteiger partial charge >= 0.3 is 0 Å². The van der Waals surface area contributed by atoms with Crippen molar-refractivity contribution in [1.29, 1.82) is 0 Å². The first kappa shape index (κ1) is 11.8. The van der Waals surface area contributed by atoms with Crippen molar-refractivity contribution >= 4 is 17.5 Å². The van der Waals surface area contributed by atoms with Gasteiger partial charge in [0.15, 0.2) is 0 Å². The van der Waals surface area contributed by atoms with Crippen LogP contribution >= 0.6 is 0 Å². The van der Waals surface area contributed by atoms with E-state index >= 15 is 0 Å². The Bertz CT molecular complexity index is 471. The average molecular weight is 233 g/mol. The van der Waals surface area contributed by atoms with E-state index in [2.05, 4.69) is 0 Å². The molecular weight excluding hydrogens is 218 g/mol. The molecular formula is C12H15N3O2. The van der Waals surface area contributed by atoms with Gasteiger partial charge in [-0.1, -0.05) is 12.1 Å². The van der Waals surface area contributed by atoms with Crippen LogP contribution in [0.1, 0.15) is 11.1 Å². The molecule has 0 aromatic heterocycles. The van der Waals surface area contributed by atoms with Gasteiger partial charge in [-0.25, -0.2) is 4.90 Å². The van der Waals surface area contributed by atoms with Gasteiger partial charge in [0.05, 0.1) is 18.7 Å². The molecule has 0 radical (unpaired) electrons. The second-order valence-corrected chi connectivity index (χ2v) is 4.01. The highest BCUT2D eigenvalue weighted by Gasteiger charge is 2.31. The molecule has 2 amide bonds. The molecule has 1 heterocycles. The summed E-state index contributed by atoms with van der Waals surface area (Å²) in [5.41, 5.74) is 13.4. The lowest BCUT2D eigenvalue weighted by atomic mass is 10.1. The zero-order valence-electron chi connectivity index (χ0n) is 9.48. The van der Waals surface area contributed by atoms with Crippen molar-refractivity contribution < 1.29 is 9.59 Å². The molecule has 5 nitrogen and oxygen atoms in total. The summed E-state index contributed by atoms with van der Waals surface area (Å²) in [7, 11) is 0. The Morgan fingerprint density at radius 1 is 1.35 bits per heavy atom. The highest BCUT2D eigenvalue weighted by atomic mass is 16.2. The summed E-state index contributed by atoms with van der Waals surface area (Å²) in [5, 5.41) is 0. The number of carbonyl (C=O) groups is 2. The van der Waals surface area contributed by atoms with E-state index in [9.17, 15) is 9.59 Å². The van der Waals surface area contributed by atoms with Gasteiger partial charge in [-0.2, -0.15) is 0 Å². The van der Waals surface area contributed by atoms with Crippen LogP contribution in [-0.4, -0.2) is 24.9 Å². The van der Waals surface area contributed by atoms with E-state index in [1.807, 2.05) is 12.1 Å². The third-order valence-electron chi connectivity index (χ3n) is 2.83. The zero-order chi connectivity index (χ0) is 12.4. The van der Waals surface area contributed by atoms with E-state index in [4.69, 9.17) is 11.5 Å². The predicted molar refractivity (Wildman–Crippen MR) is 64.5 cm³/mol. The predicted octanol–water partition coefficient (Wildman–Crippen LogP) is -0.438. The molecule has 0 unspecified atom stereocenters. The summed E-state index contributed by atoms with van der Waals surface area (Å²) in [4.78, 5) is 24.5. The third kappa shape index (κ3) is 2.07. The Labute approximate surface area is 99.4 Å². The number of nitrogens with two attached hydrogens (primary N) is 2. The molecule has 0 bridgehead atoms. The molecule has 0 saturated heterocycles. The van der Waals surface area contributed by atoms with Crippen molar-refractivity contribution in [1.82, 2.24) is 0 Å². The van der Waals surface area contributed by atoms with Crippen LogP contribution in [0.25, 0.3) is 0 Å². The fourth-order valence-corrected chi connectivity index (χ4v) is 2.06. The normalized spacial score (nSPS) is 14.0. The van der Waals surface area contributed by atoms with Crippen LogP contribution < -0.4 is 16.4 Å². The Hall–Kier alpha value is -1.72. The van der Waals surface area contributed by atoms with Crippen molar-refractivity contribution in [3.05, 3.63) is 29.3 Å². The summed E-state index contributed by atoms with van der Waals surface area (Å²) in [6.45, 7) is 0.411. The summed E-state index contributed by atoms with van der Waals surface area (Å²) >= 11 is 0. The van der Waals surface area contributed by atoms with Crippen LogP contribution in [0.5, 0.6) is 0 Å². The number of carbonyl (C=O) groups excluding carboxylic acids is 2. The molecule has 0 aliphatic carbocycles.